The van der Waals surface area contributed by atoms with Crippen LogP contribution in [0.1, 0.15) is 22.9 Å². The number of hydrogen-bond donors (Lipinski definition) is 0. The van der Waals surface area contributed by atoms with E-state index in [0.717, 1.165) is 50.5 Å². The molecule has 164 valence electrons. The minimum atomic E-state index is -0.405. The van der Waals surface area contributed by atoms with Crippen LogP contribution >= 0.6 is 22.7 Å². The number of hydrazone groups is 1. The molecule has 0 radical (unpaired) electrons. The number of thiophene rings is 1. The van der Waals surface area contributed by atoms with Gasteiger partial charge in [0.25, 0.3) is 5.69 Å². The summed E-state index contributed by atoms with van der Waals surface area (Å²) in [6, 6.07) is 16.5. The largest absolute Gasteiger partial charge is 0.454 e. The van der Waals surface area contributed by atoms with E-state index in [-0.39, 0.29) is 18.5 Å². The highest BCUT2D eigenvalue weighted by Crippen LogP contribution is 2.42. The van der Waals surface area contributed by atoms with E-state index in [1.807, 2.05) is 40.0 Å². The number of benzene rings is 2. The highest BCUT2D eigenvalue weighted by atomic mass is 32.1. The second-order valence-corrected chi connectivity index (χ2v) is 9.30. The monoisotopic (exact) mass is 476 g/mol. The van der Waals surface area contributed by atoms with Gasteiger partial charge in [-0.3, -0.25) is 10.1 Å². The van der Waals surface area contributed by atoms with Gasteiger partial charge in [0.1, 0.15) is 0 Å². The first kappa shape index (κ1) is 19.9. The number of non-ortho nitro benzene ring substituents is 1. The Bertz CT molecular complexity index is 1370. The van der Waals surface area contributed by atoms with E-state index in [1.54, 1.807) is 23.5 Å². The molecular formula is C23H16N4O4S2. The summed E-state index contributed by atoms with van der Waals surface area (Å²) in [6.07, 6.45) is 0.743. The van der Waals surface area contributed by atoms with Crippen LogP contribution in [0.2, 0.25) is 0 Å². The summed E-state index contributed by atoms with van der Waals surface area (Å²) in [5, 5.41) is 22.6. The summed E-state index contributed by atoms with van der Waals surface area (Å²) in [7, 11) is 0. The zero-order valence-electron chi connectivity index (χ0n) is 17.1. The molecule has 1 unspecified atom stereocenters. The van der Waals surface area contributed by atoms with Crippen LogP contribution in [0.3, 0.4) is 0 Å². The molecule has 4 heterocycles. The van der Waals surface area contributed by atoms with E-state index in [4.69, 9.17) is 19.6 Å². The number of anilines is 1. The molecule has 0 spiro atoms. The Kier molecular flexibility index (Phi) is 4.81. The standard InChI is InChI=1S/C23H16N4O4S2/c28-27(29)16-6-3-14(4-7-16)18-12-33-23(24-18)26-19(11-17(25-26)22-2-1-9-32-22)15-5-8-20-21(10-15)31-13-30-20/h1-10,12,19H,11,13H2. The Balaban J connectivity index is 1.36. The van der Waals surface area contributed by atoms with Gasteiger partial charge in [0.2, 0.25) is 11.9 Å². The van der Waals surface area contributed by atoms with Crippen LogP contribution in [0.4, 0.5) is 10.8 Å². The fraction of sp³-hybridized carbons (Fsp3) is 0.130. The van der Waals surface area contributed by atoms with E-state index < -0.39 is 4.92 Å². The Morgan fingerprint density at radius 1 is 1.06 bits per heavy atom. The SMILES string of the molecule is O=[N+]([O-])c1ccc(-c2csc(N3N=C(c4cccs4)CC3c3ccc4c(c3)OCO4)n2)cc1. The third-order valence-corrected chi connectivity index (χ3v) is 7.31. The van der Waals surface area contributed by atoms with Gasteiger partial charge in [-0.05, 0) is 41.3 Å². The van der Waals surface area contributed by atoms with E-state index in [9.17, 15) is 10.1 Å². The Labute approximate surface area is 196 Å². The van der Waals surface area contributed by atoms with Crippen molar-refractivity contribution < 1.29 is 14.4 Å². The topological polar surface area (TPSA) is 90.1 Å². The number of ether oxygens (including phenoxy) is 2. The molecule has 2 aliphatic rings. The maximum absolute atomic E-state index is 11.0. The predicted octanol–water partition coefficient (Wildman–Crippen LogP) is 5.86. The first-order chi connectivity index (χ1) is 16.2. The van der Waals surface area contributed by atoms with Crippen molar-refractivity contribution in [2.45, 2.75) is 12.5 Å². The summed E-state index contributed by atoms with van der Waals surface area (Å²) in [6.45, 7) is 0.231. The molecular weight excluding hydrogens is 460 g/mol. The van der Waals surface area contributed by atoms with E-state index >= 15 is 0 Å². The quantitative estimate of drug-likeness (QED) is 0.265. The second-order valence-electron chi connectivity index (χ2n) is 7.52. The van der Waals surface area contributed by atoms with Crippen molar-refractivity contribution in [2.75, 3.05) is 11.8 Å². The second kappa shape index (κ2) is 7.98. The number of hydrogen-bond acceptors (Lipinski definition) is 9. The van der Waals surface area contributed by atoms with E-state index in [1.165, 1.54) is 23.5 Å². The summed E-state index contributed by atoms with van der Waals surface area (Å²) < 4.78 is 11.1. The van der Waals surface area contributed by atoms with Crippen LogP contribution in [-0.2, 0) is 0 Å². The van der Waals surface area contributed by atoms with Gasteiger partial charge >= 0.3 is 0 Å². The highest BCUT2D eigenvalue weighted by Gasteiger charge is 2.33. The van der Waals surface area contributed by atoms with E-state index in [0.29, 0.717) is 0 Å². The molecule has 0 saturated carbocycles. The van der Waals surface area contributed by atoms with Crippen molar-refractivity contribution in [3.63, 3.8) is 0 Å². The third-order valence-electron chi connectivity index (χ3n) is 5.56. The molecule has 0 bridgehead atoms. The summed E-state index contributed by atoms with van der Waals surface area (Å²) >= 11 is 3.16. The number of nitro benzene ring substituents is 1. The molecule has 0 N–H and O–H groups in total. The number of rotatable bonds is 5. The van der Waals surface area contributed by atoms with Gasteiger partial charge in [-0.1, -0.05) is 12.1 Å². The normalized spacial score (nSPS) is 16.8. The third kappa shape index (κ3) is 3.62. The van der Waals surface area contributed by atoms with Crippen LogP contribution < -0.4 is 14.5 Å². The minimum absolute atomic E-state index is 0.0348. The van der Waals surface area contributed by atoms with Crippen LogP contribution in [-0.4, -0.2) is 22.4 Å². The van der Waals surface area contributed by atoms with Crippen molar-refractivity contribution >= 4 is 39.2 Å². The van der Waals surface area contributed by atoms with Crippen LogP contribution in [0.5, 0.6) is 11.5 Å². The van der Waals surface area contributed by atoms with Crippen LogP contribution in [0, 0.1) is 10.1 Å². The number of nitro groups is 1. The number of thiazole rings is 1. The summed E-state index contributed by atoms with van der Waals surface area (Å²) in [5.41, 5.74) is 3.72. The summed E-state index contributed by atoms with van der Waals surface area (Å²) in [5.74, 6) is 1.49. The molecule has 10 heteroatoms. The van der Waals surface area contributed by atoms with Crippen molar-refractivity contribution in [1.82, 2.24) is 4.98 Å². The smallest absolute Gasteiger partial charge is 0.269 e. The Morgan fingerprint density at radius 3 is 2.70 bits per heavy atom. The average molecular weight is 477 g/mol. The molecule has 1 atom stereocenters. The first-order valence-electron chi connectivity index (χ1n) is 10.2. The molecule has 2 aromatic carbocycles. The number of aromatic nitrogens is 1. The lowest BCUT2D eigenvalue weighted by Crippen LogP contribution is -2.18. The van der Waals surface area contributed by atoms with Gasteiger partial charge in [-0.25, -0.2) is 9.99 Å². The van der Waals surface area contributed by atoms with Crippen LogP contribution in [0.25, 0.3) is 11.3 Å². The van der Waals surface area contributed by atoms with Gasteiger partial charge in [0, 0.05) is 29.5 Å². The first-order valence-corrected chi connectivity index (χ1v) is 11.9. The molecule has 4 aromatic rings. The van der Waals surface area contributed by atoms with Crippen molar-refractivity contribution in [3.05, 3.63) is 85.9 Å². The summed E-state index contributed by atoms with van der Waals surface area (Å²) in [4.78, 5) is 16.5. The molecule has 0 aliphatic carbocycles. The van der Waals surface area contributed by atoms with Gasteiger partial charge in [0.05, 0.1) is 27.2 Å². The lowest BCUT2D eigenvalue weighted by atomic mass is 10.0. The fourth-order valence-electron chi connectivity index (χ4n) is 3.91. The predicted molar refractivity (Wildman–Crippen MR) is 127 cm³/mol. The highest BCUT2D eigenvalue weighted by molar-refractivity contribution is 7.14. The molecule has 33 heavy (non-hydrogen) atoms. The zero-order valence-corrected chi connectivity index (χ0v) is 18.7. The molecule has 2 aromatic heterocycles. The number of fused-ring (bicyclic) bond motifs is 1. The van der Waals surface area contributed by atoms with Gasteiger partial charge in [0.15, 0.2) is 11.5 Å². The Hall–Kier alpha value is -3.76. The molecule has 0 amide bonds. The Morgan fingerprint density at radius 2 is 1.91 bits per heavy atom. The van der Waals surface area contributed by atoms with E-state index in [2.05, 4.69) is 6.07 Å². The lowest BCUT2D eigenvalue weighted by molar-refractivity contribution is -0.384. The fourth-order valence-corrected chi connectivity index (χ4v) is 5.47. The van der Waals surface area contributed by atoms with Crippen LogP contribution in [0.15, 0.2) is 70.5 Å². The van der Waals surface area contributed by atoms with Crippen molar-refractivity contribution in [1.29, 1.82) is 0 Å². The maximum Gasteiger partial charge on any atom is 0.269 e. The van der Waals surface area contributed by atoms with Gasteiger partial charge in [-0.2, -0.15) is 5.10 Å². The number of nitrogens with zero attached hydrogens (tertiary/aromatic N) is 4. The van der Waals surface area contributed by atoms with Gasteiger partial charge in [-0.15, -0.1) is 22.7 Å². The van der Waals surface area contributed by atoms with Crippen molar-refractivity contribution in [3.8, 4) is 22.8 Å². The molecule has 6 rings (SSSR count). The minimum Gasteiger partial charge on any atom is -0.454 e. The molecule has 8 nitrogen and oxygen atoms in total. The maximum atomic E-state index is 11.0. The molecule has 2 aliphatic heterocycles. The average Bonchev–Trinajstić information content (AvgIpc) is 3.63. The van der Waals surface area contributed by atoms with Gasteiger partial charge < -0.3 is 9.47 Å². The zero-order chi connectivity index (χ0) is 22.4. The molecule has 0 saturated heterocycles. The lowest BCUT2D eigenvalue weighted by Gasteiger charge is -2.21. The van der Waals surface area contributed by atoms with Crippen molar-refractivity contribution in [2.24, 2.45) is 5.10 Å². The molecule has 0 fully saturated rings.